The van der Waals surface area contributed by atoms with Gasteiger partial charge in [-0.25, -0.2) is 14.8 Å². The van der Waals surface area contributed by atoms with E-state index in [1.165, 1.54) is 12.1 Å². The predicted octanol–water partition coefficient (Wildman–Crippen LogP) is 6.65. The van der Waals surface area contributed by atoms with Crippen LogP contribution in [-0.4, -0.2) is 33.0 Å². The number of fused-ring (bicyclic) bond motifs is 1. The molecule has 0 aliphatic rings. The van der Waals surface area contributed by atoms with Crippen LogP contribution in [0.1, 0.15) is 21.6 Å². The normalized spacial score (nSPS) is 12.3. The number of nitrogens with one attached hydrogen (secondary N) is 1. The molecular formula is C29H19ClF3N3O4. The quantitative estimate of drug-likeness (QED) is 0.229. The van der Waals surface area contributed by atoms with Crippen molar-refractivity contribution in [3.8, 4) is 22.9 Å². The minimum Gasteiger partial charge on any atom is -0.480 e. The number of nitrogens with zero attached hydrogens (tertiary/aromatic N) is 2. The van der Waals surface area contributed by atoms with E-state index in [2.05, 4.69) is 15.3 Å². The van der Waals surface area contributed by atoms with Crippen molar-refractivity contribution in [2.24, 2.45) is 0 Å². The maximum atomic E-state index is 13.4. The third kappa shape index (κ3) is 5.81. The van der Waals surface area contributed by atoms with Gasteiger partial charge in [0.15, 0.2) is 11.5 Å². The van der Waals surface area contributed by atoms with E-state index in [1.54, 1.807) is 48.5 Å². The lowest BCUT2D eigenvalue weighted by Gasteiger charge is -2.14. The summed E-state index contributed by atoms with van der Waals surface area (Å²) in [4.78, 5) is 34.2. The molecule has 1 unspecified atom stereocenters. The zero-order chi connectivity index (χ0) is 28.4. The molecule has 5 rings (SSSR count). The Kier molecular flexibility index (Phi) is 7.27. The van der Waals surface area contributed by atoms with E-state index in [0.717, 1.165) is 17.5 Å². The monoisotopic (exact) mass is 565 g/mol. The number of carbonyl (C=O) groups is 2. The molecule has 0 spiro atoms. The first-order valence-corrected chi connectivity index (χ1v) is 12.3. The second-order valence-electron chi connectivity index (χ2n) is 8.86. The van der Waals surface area contributed by atoms with Gasteiger partial charge >= 0.3 is 12.1 Å². The van der Waals surface area contributed by atoms with E-state index in [-0.39, 0.29) is 35.0 Å². The molecule has 3 aromatic carbocycles. The summed E-state index contributed by atoms with van der Waals surface area (Å²) in [5.41, 5.74) is 0.525. The molecule has 0 saturated heterocycles. The highest BCUT2D eigenvalue weighted by Crippen LogP contribution is 2.33. The Morgan fingerprint density at radius 3 is 2.30 bits per heavy atom. The van der Waals surface area contributed by atoms with Gasteiger partial charge in [-0.1, -0.05) is 48.0 Å². The zero-order valence-corrected chi connectivity index (χ0v) is 21.2. The number of para-hydroxylation sites is 1. The van der Waals surface area contributed by atoms with Crippen molar-refractivity contribution < 1.29 is 32.3 Å². The van der Waals surface area contributed by atoms with Crippen molar-refractivity contribution in [3.05, 3.63) is 107 Å². The van der Waals surface area contributed by atoms with Gasteiger partial charge in [-0.2, -0.15) is 13.2 Å². The zero-order valence-electron chi connectivity index (χ0n) is 20.4. The molecule has 7 nitrogen and oxygen atoms in total. The van der Waals surface area contributed by atoms with Crippen molar-refractivity contribution in [2.45, 2.75) is 18.6 Å². The number of aromatic nitrogens is 2. The average molecular weight is 566 g/mol. The van der Waals surface area contributed by atoms with Gasteiger partial charge in [0.05, 0.1) is 11.1 Å². The Morgan fingerprint density at radius 2 is 1.62 bits per heavy atom. The molecule has 0 radical (unpaired) electrons. The van der Waals surface area contributed by atoms with Crippen molar-refractivity contribution in [3.63, 3.8) is 0 Å². The Balaban J connectivity index is 1.53. The third-order valence-corrected chi connectivity index (χ3v) is 6.34. The number of hydrogen-bond donors (Lipinski definition) is 2. The molecule has 0 aliphatic carbocycles. The highest BCUT2D eigenvalue weighted by molar-refractivity contribution is 6.30. The standard InChI is InChI=1S/C29H19ClF3N3O4/c30-20-12-5-16(6-13-20)15-23(28(38)39)35-26(37)24-25(22-14-9-17-3-1-2-4-21(17)34-22)40-27(36-24)18-7-10-19(11-8-18)29(31,32)33/h1-14,23H,15H2,(H,35,37)(H,38,39). The molecule has 5 aromatic rings. The first kappa shape index (κ1) is 26.9. The number of alkyl halides is 3. The van der Waals surface area contributed by atoms with E-state index in [1.807, 2.05) is 12.1 Å². The molecule has 0 aliphatic heterocycles. The van der Waals surface area contributed by atoms with Crippen molar-refractivity contribution in [1.82, 2.24) is 15.3 Å². The fraction of sp³-hybridized carbons (Fsp3) is 0.103. The van der Waals surface area contributed by atoms with Crippen LogP contribution in [0.25, 0.3) is 33.8 Å². The number of carbonyl (C=O) groups excluding carboxylic acids is 1. The summed E-state index contributed by atoms with van der Waals surface area (Å²) < 4.78 is 45.0. The van der Waals surface area contributed by atoms with Crippen LogP contribution >= 0.6 is 11.6 Å². The number of carboxylic acids is 1. The molecule has 1 atom stereocenters. The summed E-state index contributed by atoms with van der Waals surface area (Å²) in [6.45, 7) is 0. The molecule has 0 fully saturated rings. The molecule has 0 bridgehead atoms. The Morgan fingerprint density at radius 1 is 0.925 bits per heavy atom. The number of oxazole rings is 1. The van der Waals surface area contributed by atoms with Gasteiger partial charge in [-0.05, 0) is 54.1 Å². The minimum atomic E-state index is -4.53. The van der Waals surface area contributed by atoms with Gasteiger partial charge < -0.3 is 14.8 Å². The largest absolute Gasteiger partial charge is 0.480 e. The van der Waals surface area contributed by atoms with Crippen LogP contribution in [0.5, 0.6) is 0 Å². The number of carboxylic acid groups (broad SMARTS) is 1. The number of amides is 1. The highest BCUT2D eigenvalue weighted by Gasteiger charge is 2.31. The van der Waals surface area contributed by atoms with E-state index in [9.17, 15) is 27.9 Å². The Bertz CT molecular complexity index is 1700. The first-order valence-electron chi connectivity index (χ1n) is 11.9. The number of halogens is 4. The number of aliphatic carboxylic acids is 1. The topological polar surface area (TPSA) is 105 Å². The maximum Gasteiger partial charge on any atom is 0.416 e. The van der Waals surface area contributed by atoms with Gasteiger partial charge in [0.2, 0.25) is 5.89 Å². The SMILES string of the molecule is O=C(NC(Cc1ccc(Cl)cc1)C(=O)O)c1nc(-c2ccc(C(F)(F)F)cc2)oc1-c1ccc2ccccc2n1. The smallest absolute Gasteiger partial charge is 0.416 e. The van der Waals surface area contributed by atoms with Gasteiger partial charge in [0, 0.05) is 22.4 Å². The third-order valence-electron chi connectivity index (χ3n) is 6.09. The summed E-state index contributed by atoms with van der Waals surface area (Å²) in [5.74, 6) is -2.32. The van der Waals surface area contributed by atoms with Crippen LogP contribution in [0.3, 0.4) is 0 Å². The van der Waals surface area contributed by atoms with E-state index < -0.39 is 29.7 Å². The molecule has 202 valence electrons. The predicted molar refractivity (Wildman–Crippen MR) is 142 cm³/mol. The van der Waals surface area contributed by atoms with E-state index in [0.29, 0.717) is 16.1 Å². The molecule has 40 heavy (non-hydrogen) atoms. The molecule has 1 amide bonds. The summed E-state index contributed by atoms with van der Waals surface area (Å²) in [7, 11) is 0. The second kappa shape index (κ2) is 10.8. The summed E-state index contributed by atoms with van der Waals surface area (Å²) in [6, 6.07) is 19.9. The first-order chi connectivity index (χ1) is 19.1. The van der Waals surface area contributed by atoms with Gasteiger partial charge in [0.25, 0.3) is 5.91 Å². The van der Waals surface area contributed by atoms with Crippen LogP contribution < -0.4 is 5.32 Å². The lowest BCUT2D eigenvalue weighted by Crippen LogP contribution is -2.42. The van der Waals surface area contributed by atoms with E-state index >= 15 is 0 Å². The van der Waals surface area contributed by atoms with Crippen LogP contribution in [0.15, 0.2) is 89.3 Å². The fourth-order valence-electron chi connectivity index (χ4n) is 4.05. The number of hydrogen-bond acceptors (Lipinski definition) is 5. The van der Waals surface area contributed by atoms with Crippen molar-refractivity contribution in [1.29, 1.82) is 0 Å². The Labute approximate surface area is 230 Å². The number of benzene rings is 3. The maximum absolute atomic E-state index is 13.4. The van der Waals surface area contributed by atoms with Crippen LogP contribution in [0, 0.1) is 0 Å². The molecule has 2 N–H and O–H groups in total. The Hall–Kier alpha value is -4.70. The summed E-state index contributed by atoms with van der Waals surface area (Å²) in [5, 5.41) is 13.5. The lowest BCUT2D eigenvalue weighted by atomic mass is 10.1. The minimum absolute atomic E-state index is 0.0363. The molecular weight excluding hydrogens is 547 g/mol. The van der Waals surface area contributed by atoms with Gasteiger partial charge in [0.1, 0.15) is 11.7 Å². The van der Waals surface area contributed by atoms with Crippen molar-refractivity contribution in [2.75, 3.05) is 0 Å². The number of pyridine rings is 1. The lowest BCUT2D eigenvalue weighted by molar-refractivity contribution is -0.139. The fourth-order valence-corrected chi connectivity index (χ4v) is 4.17. The highest BCUT2D eigenvalue weighted by atomic mass is 35.5. The number of rotatable bonds is 7. The molecule has 11 heteroatoms. The summed E-state index contributed by atoms with van der Waals surface area (Å²) >= 11 is 5.90. The van der Waals surface area contributed by atoms with Gasteiger partial charge in [-0.3, -0.25) is 4.79 Å². The second-order valence-corrected chi connectivity index (χ2v) is 9.29. The van der Waals surface area contributed by atoms with Crippen LogP contribution in [-0.2, 0) is 17.4 Å². The van der Waals surface area contributed by atoms with Crippen molar-refractivity contribution >= 4 is 34.4 Å². The van der Waals surface area contributed by atoms with E-state index in [4.69, 9.17) is 16.0 Å². The van der Waals surface area contributed by atoms with Crippen LogP contribution in [0.2, 0.25) is 5.02 Å². The molecule has 2 aromatic heterocycles. The summed E-state index contributed by atoms with van der Waals surface area (Å²) in [6.07, 6.45) is -4.57. The van der Waals surface area contributed by atoms with Gasteiger partial charge in [-0.15, -0.1) is 0 Å². The molecule has 2 heterocycles. The van der Waals surface area contributed by atoms with Crippen LogP contribution in [0.4, 0.5) is 13.2 Å². The molecule has 0 saturated carbocycles. The average Bonchev–Trinajstić information content (AvgIpc) is 3.39.